The highest BCUT2D eigenvalue weighted by molar-refractivity contribution is 5.98. The molecule has 0 amide bonds. The van der Waals surface area contributed by atoms with Crippen molar-refractivity contribution >= 4 is 17.2 Å². The molecule has 0 bridgehead atoms. The van der Waals surface area contributed by atoms with Gasteiger partial charge in [0.05, 0.1) is 23.1 Å². The number of halogens is 1. The summed E-state index contributed by atoms with van der Waals surface area (Å²) in [5.74, 6) is -0.203. The Kier molecular flexibility index (Phi) is 4.24. The third-order valence-electron chi connectivity index (χ3n) is 4.56. The second kappa shape index (κ2) is 6.72. The molecular formula is C21H17FN4O. The van der Waals surface area contributed by atoms with Gasteiger partial charge in [-0.25, -0.2) is 14.4 Å². The minimum absolute atomic E-state index is 0.146. The first-order valence-corrected chi connectivity index (χ1v) is 8.60. The Bertz CT molecular complexity index is 1150. The summed E-state index contributed by atoms with van der Waals surface area (Å²) in [5, 5.41) is 0.795. The van der Waals surface area contributed by atoms with Gasteiger partial charge in [0, 0.05) is 40.7 Å². The monoisotopic (exact) mass is 360 g/mol. The molecule has 0 aliphatic rings. The topological polar surface area (TPSA) is 60.7 Å². The first kappa shape index (κ1) is 17.0. The molecule has 0 unspecified atom stereocenters. The average Bonchev–Trinajstić information content (AvgIpc) is 3.06. The van der Waals surface area contributed by atoms with E-state index in [4.69, 9.17) is 0 Å². The lowest BCUT2D eigenvalue weighted by Gasteiger charge is -2.16. The van der Waals surface area contributed by atoms with Crippen LogP contribution in [-0.2, 0) is 0 Å². The number of hydrogen-bond acceptors (Lipinski definition) is 4. The van der Waals surface area contributed by atoms with E-state index in [1.165, 1.54) is 18.5 Å². The van der Waals surface area contributed by atoms with Crippen molar-refractivity contribution in [1.82, 2.24) is 19.5 Å². The van der Waals surface area contributed by atoms with Gasteiger partial charge in [0.1, 0.15) is 12.1 Å². The fraction of sp³-hybridized carbons (Fsp3) is 0.143. The summed E-state index contributed by atoms with van der Waals surface area (Å²) in [7, 11) is 0. The number of hydrogen-bond donors (Lipinski definition) is 0. The number of benzene rings is 1. The average molecular weight is 360 g/mol. The summed E-state index contributed by atoms with van der Waals surface area (Å²) in [6, 6.07) is 6.37. The fourth-order valence-corrected chi connectivity index (χ4v) is 3.33. The Hall–Kier alpha value is -3.41. The Labute approximate surface area is 155 Å². The SMILES string of the molecule is CC(C)c1ncncc1-c1cc(F)ccc1-n1cc(C=O)c2ccncc21. The van der Waals surface area contributed by atoms with Crippen molar-refractivity contribution in [2.45, 2.75) is 19.8 Å². The number of aromatic nitrogens is 4. The molecule has 0 saturated carbocycles. The van der Waals surface area contributed by atoms with Gasteiger partial charge in [0.2, 0.25) is 0 Å². The Morgan fingerprint density at radius 2 is 1.96 bits per heavy atom. The van der Waals surface area contributed by atoms with Crippen LogP contribution >= 0.6 is 0 Å². The molecular weight excluding hydrogens is 343 g/mol. The number of carbonyl (C=O) groups excluding carboxylic acids is 1. The molecule has 0 fully saturated rings. The van der Waals surface area contributed by atoms with Gasteiger partial charge in [0.15, 0.2) is 6.29 Å². The number of carbonyl (C=O) groups is 1. The summed E-state index contributed by atoms with van der Waals surface area (Å²) in [6.07, 6.45) is 9.10. The van der Waals surface area contributed by atoms with Crippen molar-refractivity contribution in [3.05, 3.63) is 72.5 Å². The largest absolute Gasteiger partial charge is 0.314 e. The molecule has 3 heterocycles. The van der Waals surface area contributed by atoms with Crippen LogP contribution in [0.3, 0.4) is 0 Å². The van der Waals surface area contributed by atoms with Crippen molar-refractivity contribution in [2.24, 2.45) is 0 Å². The van der Waals surface area contributed by atoms with E-state index in [1.54, 1.807) is 36.9 Å². The van der Waals surface area contributed by atoms with E-state index in [2.05, 4.69) is 15.0 Å². The molecule has 134 valence electrons. The molecule has 0 aliphatic carbocycles. The van der Waals surface area contributed by atoms with Gasteiger partial charge in [-0.1, -0.05) is 13.8 Å². The lowest BCUT2D eigenvalue weighted by atomic mass is 9.97. The quantitative estimate of drug-likeness (QED) is 0.501. The summed E-state index contributed by atoms with van der Waals surface area (Å²) in [6.45, 7) is 4.06. The number of aldehydes is 1. The third kappa shape index (κ3) is 2.89. The predicted molar refractivity (Wildman–Crippen MR) is 102 cm³/mol. The minimum Gasteiger partial charge on any atom is -0.314 e. The van der Waals surface area contributed by atoms with Gasteiger partial charge in [-0.3, -0.25) is 9.78 Å². The molecule has 27 heavy (non-hydrogen) atoms. The van der Waals surface area contributed by atoms with Crippen LogP contribution in [0.2, 0.25) is 0 Å². The Morgan fingerprint density at radius 3 is 2.74 bits per heavy atom. The summed E-state index contributed by atoms with van der Waals surface area (Å²) in [4.78, 5) is 24.2. The van der Waals surface area contributed by atoms with E-state index in [0.29, 0.717) is 11.1 Å². The van der Waals surface area contributed by atoms with E-state index in [0.717, 1.165) is 34.1 Å². The molecule has 5 nitrogen and oxygen atoms in total. The summed E-state index contributed by atoms with van der Waals surface area (Å²) in [5.41, 5.74) is 4.32. The molecule has 3 aromatic heterocycles. The zero-order valence-corrected chi connectivity index (χ0v) is 14.9. The second-order valence-electron chi connectivity index (χ2n) is 6.60. The zero-order valence-electron chi connectivity index (χ0n) is 14.9. The van der Waals surface area contributed by atoms with E-state index in [-0.39, 0.29) is 11.7 Å². The zero-order chi connectivity index (χ0) is 19.0. The molecule has 6 heteroatoms. The highest BCUT2D eigenvalue weighted by atomic mass is 19.1. The molecule has 4 rings (SSSR count). The van der Waals surface area contributed by atoms with Gasteiger partial charge in [0.25, 0.3) is 0 Å². The fourth-order valence-electron chi connectivity index (χ4n) is 3.33. The van der Waals surface area contributed by atoms with Crippen molar-refractivity contribution in [3.8, 4) is 16.8 Å². The summed E-state index contributed by atoms with van der Waals surface area (Å²) < 4.78 is 16.0. The minimum atomic E-state index is -0.350. The highest BCUT2D eigenvalue weighted by Crippen LogP contribution is 2.34. The maximum absolute atomic E-state index is 14.1. The van der Waals surface area contributed by atoms with Crippen molar-refractivity contribution in [2.75, 3.05) is 0 Å². The molecule has 0 radical (unpaired) electrons. The molecule has 0 spiro atoms. The number of rotatable bonds is 4. The summed E-state index contributed by atoms with van der Waals surface area (Å²) >= 11 is 0. The highest BCUT2D eigenvalue weighted by Gasteiger charge is 2.18. The van der Waals surface area contributed by atoms with Crippen LogP contribution in [0.1, 0.15) is 35.8 Å². The molecule has 0 N–H and O–H groups in total. The van der Waals surface area contributed by atoms with Crippen molar-refractivity contribution in [3.63, 3.8) is 0 Å². The third-order valence-corrected chi connectivity index (χ3v) is 4.56. The van der Waals surface area contributed by atoms with Crippen LogP contribution in [0, 0.1) is 5.82 Å². The number of nitrogens with zero attached hydrogens (tertiary/aromatic N) is 4. The van der Waals surface area contributed by atoms with Gasteiger partial charge >= 0.3 is 0 Å². The number of fused-ring (bicyclic) bond motifs is 1. The van der Waals surface area contributed by atoms with Crippen molar-refractivity contribution < 1.29 is 9.18 Å². The van der Waals surface area contributed by atoms with E-state index in [9.17, 15) is 9.18 Å². The van der Waals surface area contributed by atoms with Crippen molar-refractivity contribution in [1.29, 1.82) is 0 Å². The smallest absolute Gasteiger partial charge is 0.152 e. The van der Waals surface area contributed by atoms with E-state index >= 15 is 0 Å². The Morgan fingerprint density at radius 1 is 1.11 bits per heavy atom. The Balaban J connectivity index is 2.04. The van der Waals surface area contributed by atoms with Gasteiger partial charge in [-0.2, -0.15) is 0 Å². The maximum atomic E-state index is 14.1. The van der Waals surface area contributed by atoms with Crippen LogP contribution in [0.25, 0.3) is 27.7 Å². The van der Waals surface area contributed by atoms with Crippen LogP contribution in [0.4, 0.5) is 4.39 Å². The predicted octanol–water partition coefficient (Wildman–Crippen LogP) is 4.56. The molecule has 0 saturated heterocycles. The maximum Gasteiger partial charge on any atom is 0.152 e. The van der Waals surface area contributed by atoms with Crippen LogP contribution in [-0.4, -0.2) is 25.8 Å². The van der Waals surface area contributed by atoms with Crippen LogP contribution in [0.5, 0.6) is 0 Å². The normalized spacial score (nSPS) is 11.3. The molecule has 1 aromatic carbocycles. The molecule has 0 atom stereocenters. The van der Waals surface area contributed by atoms with Crippen LogP contribution < -0.4 is 0 Å². The lowest BCUT2D eigenvalue weighted by molar-refractivity contribution is 0.112. The number of pyridine rings is 1. The first-order chi connectivity index (χ1) is 13.1. The standard InChI is InChI=1S/C21H17FN4O/c1-13(2)21-18(8-24-12-25-21)17-7-15(22)3-4-19(17)26-10-14(11-27)16-5-6-23-9-20(16)26/h3-13H,1-2H3. The molecule has 0 aliphatic heterocycles. The van der Waals surface area contributed by atoms with Gasteiger partial charge in [-0.05, 0) is 30.2 Å². The van der Waals surface area contributed by atoms with Gasteiger partial charge < -0.3 is 4.57 Å². The van der Waals surface area contributed by atoms with E-state index < -0.39 is 0 Å². The van der Waals surface area contributed by atoms with Crippen LogP contribution in [0.15, 0.2) is 55.4 Å². The molecule has 4 aromatic rings. The first-order valence-electron chi connectivity index (χ1n) is 8.60. The second-order valence-corrected chi connectivity index (χ2v) is 6.60. The lowest BCUT2D eigenvalue weighted by Crippen LogP contribution is -2.02. The van der Waals surface area contributed by atoms with E-state index in [1.807, 2.05) is 18.4 Å². The van der Waals surface area contributed by atoms with Gasteiger partial charge in [-0.15, -0.1) is 0 Å².